The summed E-state index contributed by atoms with van der Waals surface area (Å²) in [4.78, 5) is 11.0. The molecule has 1 aromatic carbocycles. The number of halogens is 1. The van der Waals surface area contributed by atoms with Crippen LogP contribution in [0.3, 0.4) is 0 Å². The van der Waals surface area contributed by atoms with Crippen LogP contribution >= 0.6 is 15.9 Å². The Balaban J connectivity index is 2.26. The molecule has 0 aliphatic rings. The number of carbonyl (C=O) groups is 1. The normalized spacial score (nSPS) is 9.73. The van der Waals surface area contributed by atoms with E-state index in [1.807, 2.05) is 24.3 Å². The molecule has 0 atom stereocenters. The highest BCUT2D eigenvalue weighted by Crippen LogP contribution is 2.13. The van der Waals surface area contributed by atoms with Crippen LogP contribution in [-0.2, 0) is 9.53 Å². The molecule has 1 N–H and O–H groups in total. The van der Waals surface area contributed by atoms with E-state index in [4.69, 9.17) is 4.74 Å². The van der Waals surface area contributed by atoms with Crippen molar-refractivity contribution in [3.05, 3.63) is 28.7 Å². The van der Waals surface area contributed by atoms with E-state index in [0.717, 1.165) is 10.2 Å². The van der Waals surface area contributed by atoms with E-state index in [9.17, 15) is 4.79 Å². The number of anilines is 1. The van der Waals surface area contributed by atoms with Crippen molar-refractivity contribution in [3.8, 4) is 0 Å². The van der Waals surface area contributed by atoms with E-state index >= 15 is 0 Å². The zero-order chi connectivity index (χ0) is 11.1. The van der Waals surface area contributed by atoms with Gasteiger partial charge in [-0.1, -0.05) is 15.9 Å². The minimum atomic E-state index is -0.165. The van der Waals surface area contributed by atoms with E-state index in [1.165, 1.54) is 0 Å². The van der Waals surface area contributed by atoms with Crippen LogP contribution in [0.25, 0.3) is 0 Å². The molecule has 0 fully saturated rings. The third-order valence-corrected chi connectivity index (χ3v) is 2.34. The number of nitrogens with one attached hydrogen (secondary N) is 1. The monoisotopic (exact) mass is 271 g/mol. The van der Waals surface area contributed by atoms with Gasteiger partial charge < -0.3 is 10.1 Å². The van der Waals surface area contributed by atoms with Crippen LogP contribution in [0.4, 0.5) is 5.69 Å². The molecule has 0 saturated heterocycles. The molecule has 0 radical (unpaired) electrons. The first-order valence-corrected chi connectivity index (χ1v) is 5.66. The molecular weight excluding hydrogens is 258 g/mol. The summed E-state index contributed by atoms with van der Waals surface area (Å²) in [7, 11) is 0. The van der Waals surface area contributed by atoms with Crippen molar-refractivity contribution in [2.75, 3.05) is 18.5 Å². The molecule has 4 heteroatoms. The molecule has 0 heterocycles. The summed E-state index contributed by atoms with van der Waals surface area (Å²) in [5.74, 6) is -0.165. The molecular formula is C11H14BrNO2. The van der Waals surface area contributed by atoms with Gasteiger partial charge in [0.25, 0.3) is 0 Å². The maximum absolute atomic E-state index is 11.0. The third kappa shape index (κ3) is 4.83. The van der Waals surface area contributed by atoms with Gasteiger partial charge in [-0.05, 0) is 31.2 Å². The van der Waals surface area contributed by atoms with Crippen LogP contribution in [0.2, 0.25) is 0 Å². The van der Waals surface area contributed by atoms with Crippen molar-refractivity contribution >= 4 is 27.6 Å². The van der Waals surface area contributed by atoms with Gasteiger partial charge >= 0.3 is 5.97 Å². The Labute approximate surface area is 97.9 Å². The fourth-order valence-electron chi connectivity index (χ4n) is 1.11. The zero-order valence-electron chi connectivity index (χ0n) is 8.63. The van der Waals surface area contributed by atoms with Gasteiger partial charge in [0.05, 0.1) is 13.0 Å². The van der Waals surface area contributed by atoms with Crippen LogP contribution in [0.15, 0.2) is 28.7 Å². The highest BCUT2D eigenvalue weighted by atomic mass is 79.9. The number of benzene rings is 1. The van der Waals surface area contributed by atoms with Gasteiger partial charge in [0.2, 0.25) is 0 Å². The maximum atomic E-state index is 11.0. The van der Waals surface area contributed by atoms with Gasteiger partial charge in [0, 0.05) is 16.7 Å². The second-order valence-corrected chi connectivity index (χ2v) is 3.90. The summed E-state index contributed by atoms with van der Waals surface area (Å²) >= 11 is 3.36. The largest absolute Gasteiger partial charge is 0.466 e. The van der Waals surface area contributed by atoms with Gasteiger partial charge in [-0.15, -0.1) is 0 Å². The molecule has 1 aromatic rings. The third-order valence-electron chi connectivity index (χ3n) is 1.81. The van der Waals surface area contributed by atoms with Crippen LogP contribution in [-0.4, -0.2) is 19.1 Å². The first-order valence-electron chi connectivity index (χ1n) is 4.87. The van der Waals surface area contributed by atoms with E-state index in [0.29, 0.717) is 19.6 Å². The predicted molar refractivity (Wildman–Crippen MR) is 63.9 cm³/mol. The lowest BCUT2D eigenvalue weighted by Gasteiger charge is -2.05. The van der Waals surface area contributed by atoms with Crippen molar-refractivity contribution in [3.63, 3.8) is 0 Å². The van der Waals surface area contributed by atoms with Crippen molar-refractivity contribution in [2.45, 2.75) is 13.3 Å². The van der Waals surface area contributed by atoms with Crippen molar-refractivity contribution in [2.24, 2.45) is 0 Å². The molecule has 0 aliphatic heterocycles. The quantitative estimate of drug-likeness (QED) is 0.837. The molecule has 0 saturated carbocycles. The lowest BCUT2D eigenvalue weighted by atomic mass is 10.3. The van der Waals surface area contributed by atoms with E-state index in [-0.39, 0.29) is 5.97 Å². The second kappa shape index (κ2) is 6.45. The van der Waals surface area contributed by atoms with E-state index in [1.54, 1.807) is 6.92 Å². The summed E-state index contributed by atoms with van der Waals surface area (Å²) in [6, 6.07) is 7.81. The van der Waals surface area contributed by atoms with Gasteiger partial charge in [0.1, 0.15) is 0 Å². The fraction of sp³-hybridized carbons (Fsp3) is 0.364. The standard InChI is InChI=1S/C11H14BrNO2/c1-2-15-11(14)7-8-13-10-5-3-9(12)4-6-10/h3-6,13H,2,7-8H2,1H3. The molecule has 0 spiro atoms. The Bertz CT molecular complexity index is 311. The van der Waals surface area contributed by atoms with Gasteiger partial charge in [-0.25, -0.2) is 0 Å². The van der Waals surface area contributed by atoms with Crippen molar-refractivity contribution in [1.29, 1.82) is 0 Å². The number of esters is 1. The van der Waals surface area contributed by atoms with Crippen molar-refractivity contribution in [1.82, 2.24) is 0 Å². The summed E-state index contributed by atoms with van der Waals surface area (Å²) < 4.78 is 5.85. The van der Waals surface area contributed by atoms with Gasteiger partial charge in [-0.2, -0.15) is 0 Å². The summed E-state index contributed by atoms with van der Waals surface area (Å²) in [6.07, 6.45) is 0.393. The fourth-order valence-corrected chi connectivity index (χ4v) is 1.37. The molecule has 0 unspecified atom stereocenters. The summed E-state index contributed by atoms with van der Waals surface area (Å²) in [5, 5.41) is 3.14. The zero-order valence-corrected chi connectivity index (χ0v) is 10.2. The van der Waals surface area contributed by atoms with Crippen LogP contribution in [0.5, 0.6) is 0 Å². The smallest absolute Gasteiger partial charge is 0.307 e. The van der Waals surface area contributed by atoms with Gasteiger partial charge in [0.15, 0.2) is 0 Å². The molecule has 3 nitrogen and oxygen atoms in total. The van der Waals surface area contributed by atoms with Gasteiger partial charge in [-0.3, -0.25) is 4.79 Å². The SMILES string of the molecule is CCOC(=O)CCNc1ccc(Br)cc1. The van der Waals surface area contributed by atoms with Crippen LogP contribution < -0.4 is 5.32 Å². The number of rotatable bonds is 5. The summed E-state index contributed by atoms with van der Waals surface area (Å²) in [6.45, 7) is 2.84. The molecule has 1 rings (SSSR count). The topological polar surface area (TPSA) is 38.3 Å². The second-order valence-electron chi connectivity index (χ2n) is 2.99. The Hall–Kier alpha value is -1.03. The number of carbonyl (C=O) groups excluding carboxylic acids is 1. The highest BCUT2D eigenvalue weighted by Gasteiger charge is 2.00. The van der Waals surface area contributed by atoms with Crippen molar-refractivity contribution < 1.29 is 9.53 Å². The Morgan fingerprint density at radius 2 is 2.07 bits per heavy atom. The molecule has 15 heavy (non-hydrogen) atoms. The summed E-state index contributed by atoms with van der Waals surface area (Å²) in [5.41, 5.74) is 1.00. The minimum absolute atomic E-state index is 0.165. The molecule has 0 amide bonds. The van der Waals surface area contributed by atoms with Crippen LogP contribution in [0.1, 0.15) is 13.3 Å². The maximum Gasteiger partial charge on any atom is 0.307 e. The minimum Gasteiger partial charge on any atom is -0.466 e. The number of hydrogen-bond donors (Lipinski definition) is 1. The number of hydrogen-bond acceptors (Lipinski definition) is 3. The lowest BCUT2D eigenvalue weighted by molar-refractivity contribution is -0.142. The molecule has 0 aliphatic carbocycles. The van der Waals surface area contributed by atoms with E-state index in [2.05, 4.69) is 21.2 Å². The number of ether oxygens (including phenoxy) is 1. The highest BCUT2D eigenvalue weighted by molar-refractivity contribution is 9.10. The predicted octanol–water partition coefficient (Wildman–Crippen LogP) is 2.81. The average molecular weight is 272 g/mol. The average Bonchev–Trinajstić information content (AvgIpc) is 2.21. The Morgan fingerprint density at radius 3 is 2.67 bits per heavy atom. The molecule has 0 aromatic heterocycles. The Morgan fingerprint density at radius 1 is 1.40 bits per heavy atom. The van der Waals surface area contributed by atoms with E-state index < -0.39 is 0 Å². The first kappa shape index (κ1) is 12.0. The molecule has 82 valence electrons. The first-order chi connectivity index (χ1) is 7.22. The van der Waals surface area contributed by atoms with Crippen LogP contribution in [0, 0.1) is 0 Å². The Kier molecular flexibility index (Phi) is 5.18. The lowest BCUT2D eigenvalue weighted by Crippen LogP contribution is -2.11. The molecule has 0 bridgehead atoms.